The molecule has 3 aliphatic rings. The highest BCUT2D eigenvalue weighted by molar-refractivity contribution is 8.18. The summed E-state index contributed by atoms with van der Waals surface area (Å²) in [6.45, 7) is 2.26. The smallest absolute Gasteiger partial charge is 0.293 e. The van der Waals surface area contributed by atoms with Crippen LogP contribution in [0.5, 0.6) is 0 Å². The van der Waals surface area contributed by atoms with Crippen LogP contribution in [-0.2, 0) is 14.4 Å². The molecule has 7 nitrogen and oxygen atoms in total. The predicted octanol–water partition coefficient (Wildman–Crippen LogP) is 3.02. The number of hydrogen-bond acceptors (Lipinski definition) is 7. The normalized spacial score (nSPS) is 26.8. The van der Waals surface area contributed by atoms with Crippen molar-refractivity contribution < 1.29 is 19.2 Å². The van der Waals surface area contributed by atoms with Crippen LogP contribution in [0.25, 0.3) is 6.08 Å². The third-order valence-electron chi connectivity index (χ3n) is 5.67. The number of hydrogen-bond donors (Lipinski definition) is 1. The van der Waals surface area contributed by atoms with Crippen molar-refractivity contribution in [3.8, 4) is 0 Å². The lowest BCUT2D eigenvalue weighted by atomic mass is 10.2. The molecule has 10 heteroatoms. The van der Waals surface area contributed by atoms with Gasteiger partial charge in [0, 0.05) is 30.2 Å². The molecular formula is C21H23N3O4S3. The average molecular weight is 478 g/mol. The minimum Gasteiger partial charge on any atom is -0.352 e. The van der Waals surface area contributed by atoms with Crippen molar-refractivity contribution >= 4 is 64.3 Å². The van der Waals surface area contributed by atoms with E-state index >= 15 is 0 Å². The first-order valence-corrected chi connectivity index (χ1v) is 13.0. The van der Waals surface area contributed by atoms with E-state index in [1.54, 1.807) is 34.5 Å². The number of rotatable bonds is 6. The van der Waals surface area contributed by atoms with Gasteiger partial charge in [0.2, 0.25) is 11.8 Å². The van der Waals surface area contributed by atoms with Crippen molar-refractivity contribution in [2.24, 2.45) is 0 Å². The summed E-state index contributed by atoms with van der Waals surface area (Å²) >= 11 is 4.17. The van der Waals surface area contributed by atoms with E-state index in [0.717, 1.165) is 33.5 Å². The molecule has 31 heavy (non-hydrogen) atoms. The van der Waals surface area contributed by atoms with Crippen LogP contribution in [0.3, 0.4) is 0 Å². The van der Waals surface area contributed by atoms with Gasteiger partial charge < -0.3 is 10.2 Å². The fourth-order valence-electron chi connectivity index (χ4n) is 3.97. The molecule has 2 unspecified atom stereocenters. The fraction of sp³-hybridized carbons (Fsp3) is 0.429. The van der Waals surface area contributed by atoms with Gasteiger partial charge in [-0.05, 0) is 55.1 Å². The van der Waals surface area contributed by atoms with Gasteiger partial charge in [0.15, 0.2) is 0 Å². The molecule has 4 amide bonds. The predicted molar refractivity (Wildman–Crippen MR) is 125 cm³/mol. The Morgan fingerprint density at radius 2 is 2.03 bits per heavy atom. The number of carbonyl (C=O) groups excluding carboxylic acids is 4. The molecule has 0 aliphatic carbocycles. The number of benzene rings is 1. The second-order valence-corrected chi connectivity index (χ2v) is 11.0. The van der Waals surface area contributed by atoms with Crippen LogP contribution in [0, 0.1) is 0 Å². The van der Waals surface area contributed by atoms with Crippen LogP contribution >= 0.6 is 35.3 Å². The Kier molecular flexibility index (Phi) is 6.41. The third-order valence-corrected chi connectivity index (χ3v) is 8.83. The molecule has 3 fully saturated rings. The lowest BCUT2D eigenvalue weighted by Crippen LogP contribution is -2.51. The molecule has 0 bridgehead atoms. The maximum atomic E-state index is 12.7. The molecule has 3 aliphatic heterocycles. The van der Waals surface area contributed by atoms with E-state index in [1.807, 2.05) is 37.4 Å². The molecule has 0 radical (unpaired) electrons. The van der Waals surface area contributed by atoms with Crippen LogP contribution in [0.1, 0.15) is 25.3 Å². The Hall–Kier alpha value is -1.91. The van der Waals surface area contributed by atoms with E-state index < -0.39 is 6.04 Å². The lowest BCUT2D eigenvalue weighted by molar-refractivity contribution is -0.137. The molecule has 1 aromatic rings. The van der Waals surface area contributed by atoms with Gasteiger partial charge in [0.05, 0.1) is 9.78 Å². The van der Waals surface area contributed by atoms with Gasteiger partial charge in [-0.25, -0.2) is 0 Å². The molecule has 0 aromatic heterocycles. The van der Waals surface area contributed by atoms with E-state index in [-0.39, 0.29) is 40.9 Å². The first kappa shape index (κ1) is 22.3. The van der Waals surface area contributed by atoms with Gasteiger partial charge in [-0.2, -0.15) is 0 Å². The highest BCUT2D eigenvalue weighted by Crippen LogP contribution is 2.47. The Morgan fingerprint density at radius 3 is 2.74 bits per heavy atom. The largest absolute Gasteiger partial charge is 0.352 e. The summed E-state index contributed by atoms with van der Waals surface area (Å²) in [6, 6.07) is 7.26. The standard InChI is InChI=1S/C21H23N3O4S3/c1-21-8-7-17(25)24(21)15(12-30-21)18(26)22-9-10-23-19(27)16(31-20(23)28)11-13-3-5-14(29-2)6-4-13/h3-6,11,15H,7-10,12H2,1-2H3,(H,22,26)/b16-11+. The molecule has 3 heterocycles. The van der Waals surface area contributed by atoms with Gasteiger partial charge in [-0.15, -0.1) is 23.5 Å². The summed E-state index contributed by atoms with van der Waals surface area (Å²) in [4.78, 5) is 53.8. The SMILES string of the molecule is CSc1ccc(/C=C2/SC(=O)N(CCNC(=O)C3CSC4(C)CCC(=O)N34)C2=O)cc1. The molecule has 1 N–H and O–H groups in total. The van der Waals surface area contributed by atoms with E-state index in [1.165, 1.54) is 0 Å². The molecule has 4 rings (SSSR count). The number of thioether (sulfide) groups is 3. The quantitative estimate of drug-likeness (QED) is 0.498. The summed E-state index contributed by atoms with van der Waals surface area (Å²) in [5, 5.41) is 2.45. The molecule has 164 valence electrons. The topological polar surface area (TPSA) is 86.8 Å². The average Bonchev–Trinajstić information content (AvgIpc) is 3.34. The number of imide groups is 1. The summed E-state index contributed by atoms with van der Waals surface area (Å²) in [5.41, 5.74) is 0.855. The van der Waals surface area contributed by atoms with Gasteiger partial charge in [-0.3, -0.25) is 24.1 Å². The number of amides is 4. The summed E-state index contributed by atoms with van der Waals surface area (Å²) in [5.74, 6) is -0.0117. The maximum absolute atomic E-state index is 12.7. The first-order valence-electron chi connectivity index (χ1n) is 9.96. The molecule has 1 aromatic carbocycles. The molecule has 0 spiro atoms. The molecule has 0 saturated carbocycles. The van der Waals surface area contributed by atoms with Crippen LogP contribution in [0.2, 0.25) is 0 Å². The van der Waals surface area contributed by atoms with E-state index in [2.05, 4.69) is 5.32 Å². The van der Waals surface area contributed by atoms with Crippen molar-refractivity contribution in [3.63, 3.8) is 0 Å². The maximum Gasteiger partial charge on any atom is 0.293 e. The van der Waals surface area contributed by atoms with Gasteiger partial charge in [-0.1, -0.05) is 12.1 Å². The summed E-state index contributed by atoms with van der Waals surface area (Å²) in [7, 11) is 0. The fourth-order valence-corrected chi connectivity index (χ4v) is 6.67. The van der Waals surface area contributed by atoms with Gasteiger partial charge in [0.25, 0.3) is 11.1 Å². The van der Waals surface area contributed by atoms with E-state index in [4.69, 9.17) is 0 Å². The third kappa shape index (κ3) is 4.38. The van der Waals surface area contributed by atoms with E-state index in [0.29, 0.717) is 17.1 Å². The Balaban J connectivity index is 1.33. The summed E-state index contributed by atoms with van der Waals surface area (Å²) < 4.78 is 0. The highest BCUT2D eigenvalue weighted by Gasteiger charge is 2.52. The Labute approximate surface area is 193 Å². The van der Waals surface area contributed by atoms with Crippen LogP contribution in [0.4, 0.5) is 4.79 Å². The number of nitrogens with zero attached hydrogens (tertiary/aromatic N) is 2. The Bertz CT molecular complexity index is 965. The minimum atomic E-state index is -0.496. The van der Waals surface area contributed by atoms with Crippen LogP contribution < -0.4 is 5.32 Å². The summed E-state index contributed by atoms with van der Waals surface area (Å²) in [6.07, 6.45) is 4.93. The number of carbonyl (C=O) groups is 4. The molecule has 2 atom stereocenters. The van der Waals surface area contributed by atoms with Crippen LogP contribution in [0.15, 0.2) is 34.1 Å². The van der Waals surface area contributed by atoms with Gasteiger partial charge in [0.1, 0.15) is 6.04 Å². The lowest BCUT2D eigenvalue weighted by Gasteiger charge is -2.29. The molecule has 3 saturated heterocycles. The number of fused-ring (bicyclic) bond motifs is 1. The zero-order valence-electron chi connectivity index (χ0n) is 17.3. The van der Waals surface area contributed by atoms with Gasteiger partial charge >= 0.3 is 0 Å². The highest BCUT2D eigenvalue weighted by atomic mass is 32.2. The van der Waals surface area contributed by atoms with Crippen LogP contribution in [-0.4, -0.2) is 68.8 Å². The monoisotopic (exact) mass is 477 g/mol. The minimum absolute atomic E-state index is 0.00860. The second-order valence-electron chi connectivity index (χ2n) is 7.66. The van der Waals surface area contributed by atoms with E-state index in [9.17, 15) is 19.2 Å². The number of nitrogens with one attached hydrogen (secondary N) is 1. The van der Waals surface area contributed by atoms with Crippen molar-refractivity contribution in [2.45, 2.75) is 35.6 Å². The van der Waals surface area contributed by atoms with Crippen molar-refractivity contribution in [3.05, 3.63) is 34.7 Å². The van der Waals surface area contributed by atoms with Crippen molar-refractivity contribution in [1.82, 2.24) is 15.1 Å². The Morgan fingerprint density at radius 1 is 1.29 bits per heavy atom. The van der Waals surface area contributed by atoms with Crippen molar-refractivity contribution in [1.29, 1.82) is 0 Å². The second kappa shape index (κ2) is 8.91. The first-order chi connectivity index (χ1) is 14.8. The molecular weight excluding hydrogens is 454 g/mol. The zero-order chi connectivity index (χ0) is 22.2. The van der Waals surface area contributed by atoms with Crippen molar-refractivity contribution in [2.75, 3.05) is 25.1 Å². The zero-order valence-corrected chi connectivity index (χ0v) is 19.7.